The third kappa shape index (κ3) is 8.29. The second kappa shape index (κ2) is 10.9. The van der Waals surface area contributed by atoms with E-state index in [4.69, 9.17) is 10.8 Å². The molecule has 10 heteroatoms. The van der Waals surface area contributed by atoms with Crippen molar-refractivity contribution in [3.8, 4) is 0 Å². The first kappa shape index (κ1) is 22.1. The van der Waals surface area contributed by atoms with E-state index >= 15 is 0 Å². The fourth-order valence-electron chi connectivity index (χ4n) is 2.09. The summed E-state index contributed by atoms with van der Waals surface area (Å²) >= 11 is 0. The van der Waals surface area contributed by atoms with E-state index in [-0.39, 0.29) is 6.42 Å². The van der Waals surface area contributed by atoms with Gasteiger partial charge in [-0.05, 0) is 12.5 Å². The molecule has 1 aromatic rings. The summed E-state index contributed by atoms with van der Waals surface area (Å²) in [4.78, 5) is 46.5. The lowest BCUT2D eigenvalue weighted by Crippen LogP contribution is -2.53. The van der Waals surface area contributed by atoms with Crippen LogP contribution in [0.2, 0.25) is 0 Å². The molecule has 3 atom stereocenters. The van der Waals surface area contributed by atoms with E-state index in [1.54, 1.807) is 30.3 Å². The number of benzene rings is 1. The van der Waals surface area contributed by atoms with Gasteiger partial charge in [-0.1, -0.05) is 30.3 Å². The Morgan fingerprint density at radius 1 is 1.04 bits per heavy atom. The third-order valence-electron chi connectivity index (χ3n) is 3.59. The zero-order valence-corrected chi connectivity index (χ0v) is 14.8. The summed E-state index contributed by atoms with van der Waals surface area (Å²) < 4.78 is 0. The molecule has 3 unspecified atom stereocenters. The molecule has 0 radical (unpaired) electrons. The highest BCUT2D eigenvalue weighted by atomic mass is 16.4. The Balaban J connectivity index is 2.68. The van der Waals surface area contributed by atoms with Crippen molar-refractivity contribution >= 4 is 23.7 Å². The standard InChI is InChI=1S/C17H24N4O6/c1-10(22)15(18)17(27)19-8-13(23)21-12(16(26)20-9-14(24)25)7-11-5-3-2-4-6-11/h2-6,10,12,15,22H,7-9,18H2,1H3,(H,19,27)(H,20,26)(H,21,23)(H,24,25). The van der Waals surface area contributed by atoms with Crippen molar-refractivity contribution in [1.29, 1.82) is 0 Å². The number of carboxylic acid groups (broad SMARTS) is 1. The number of nitrogens with one attached hydrogen (secondary N) is 3. The fraction of sp³-hybridized carbons (Fsp3) is 0.412. The van der Waals surface area contributed by atoms with Gasteiger partial charge in [0.2, 0.25) is 17.7 Å². The Labute approximate surface area is 156 Å². The van der Waals surface area contributed by atoms with Gasteiger partial charge >= 0.3 is 5.97 Å². The molecule has 0 aliphatic heterocycles. The molecular weight excluding hydrogens is 356 g/mol. The molecular formula is C17H24N4O6. The van der Waals surface area contributed by atoms with Crippen molar-refractivity contribution in [2.24, 2.45) is 5.73 Å². The second-order valence-corrected chi connectivity index (χ2v) is 5.91. The van der Waals surface area contributed by atoms with Crippen LogP contribution in [0.25, 0.3) is 0 Å². The molecule has 0 fully saturated rings. The van der Waals surface area contributed by atoms with Crippen LogP contribution in [-0.4, -0.2) is 65.2 Å². The van der Waals surface area contributed by atoms with E-state index in [9.17, 15) is 24.3 Å². The maximum atomic E-state index is 12.2. The zero-order valence-electron chi connectivity index (χ0n) is 14.8. The number of hydrogen-bond acceptors (Lipinski definition) is 6. The maximum absolute atomic E-state index is 12.2. The normalized spacial score (nSPS) is 13.7. The van der Waals surface area contributed by atoms with E-state index in [1.807, 2.05) is 0 Å². The van der Waals surface area contributed by atoms with Gasteiger partial charge < -0.3 is 31.9 Å². The summed E-state index contributed by atoms with van der Waals surface area (Å²) in [6, 6.07) is 6.63. The number of carbonyl (C=O) groups excluding carboxylic acids is 3. The van der Waals surface area contributed by atoms with Crippen molar-refractivity contribution in [3.63, 3.8) is 0 Å². The van der Waals surface area contributed by atoms with Gasteiger partial charge in [0.1, 0.15) is 18.6 Å². The largest absolute Gasteiger partial charge is 0.480 e. The minimum atomic E-state index is -1.22. The molecule has 27 heavy (non-hydrogen) atoms. The van der Waals surface area contributed by atoms with Gasteiger partial charge in [-0.25, -0.2) is 0 Å². The monoisotopic (exact) mass is 380 g/mol. The number of aliphatic hydroxyl groups excluding tert-OH is 1. The highest BCUT2D eigenvalue weighted by Gasteiger charge is 2.23. The minimum Gasteiger partial charge on any atom is -0.480 e. The lowest BCUT2D eigenvalue weighted by Gasteiger charge is -2.19. The van der Waals surface area contributed by atoms with E-state index in [0.717, 1.165) is 5.56 Å². The number of aliphatic carboxylic acids is 1. The van der Waals surface area contributed by atoms with Gasteiger partial charge in [0.05, 0.1) is 12.6 Å². The van der Waals surface area contributed by atoms with Crippen LogP contribution in [-0.2, 0) is 25.6 Å². The molecule has 1 aromatic carbocycles. The molecule has 7 N–H and O–H groups in total. The number of carbonyl (C=O) groups is 4. The van der Waals surface area contributed by atoms with Crippen LogP contribution in [0, 0.1) is 0 Å². The van der Waals surface area contributed by atoms with Crippen LogP contribution >= 0.6 is 0 Å². The van der Waals surface area contributed by atoms with Crippen molar-refractivity contribution in [3.05, 3.63) is 35.9 Å². The predicted molar refractivity (Wildman–Crippen MR) is 95.4 cm³/mol. The van der Waals surface area contributed by atoms with E-state index in [0.29, 0.717) is 0 Å². The van der Waals surface area contributed by atoms with Crippen molar-refractivity contribution < 1.29 is 29.4 Å². The lowest BCUT2D eigenvalue weighted by molar-refractivity contribution is -0.138. The molecule has 148 valence electrons. The van der Waals surface area contributed by atoms with Crippen LogP contribution in [0.1, 0.15) is 12.5 Å². The van der Waals surface area contributed by atoms with Gasteiger partial charge in [-0.3, -0.25) is 19.2 Å². The van der Waals surface area contributed by atoms with Crippen LogP contribution < -0.4 is 21.7 Å². The number of amides is 3. The molecule has 0 aliphatic rings. The first-order chi connectivity index (χ1) is 12.7. The molecule has 0 spiro atoms. The van der Waals surface area contributed by atoms with E-state index in [1.165, 1.54) is 6.92 Å². The van der Waals surface area contributed by atoms with E-state index in [2.05, 4.69) is 16.0 Å². The Morgan fingerprint density at radius 3 is 2.19 bits per heavy atom. The summed E-state index contributed by atoms with van der Waals surface area (Å²) in [6.07, 6.45) is -0.945. The minimum absolute atomic E-state index is 0.138. The van der Waals surface area contributed by atoms with Gasteiger partial charge in [0.15, 0.2) is 0 Å². The Hall–Kier alpha value is -2.98. The fourth-order valence-corrected chi connectivity index (χ4v) is 2.09. The van der Waals surface area contributed by atoms with Crippen LogP contribution in [0.3, 0.4) is 0 Å². The van der Waals surface area contributed by atoms with Gasteiger partial charge in [-0.2, -0.15) is 0 Å². The molecule has 0 saturated carbocycles. The van der Waals surface area contributed by atoms with E-state index < -0.39 is 55.0 Å². The number of carboxylic acids is 1. The quantitative estimate of drug-likeness (QED) is 0.266. The highest BCUT2D eigenvalue weighted by molar-refractivity contribution is 5.92. The molecule has 0 saturated heterocycles. The third-order valence-corrected chi connectivity index (χ3v) is 3.59. The summed E-state index contributed by atoms with van der Waals surface area (Å²) in [5.41, 5.74) is 6.21. The molecule has 3 amide bonds. The number of aliphatic hydroxyl groups is 1. The van der Waals surface area contributed by atoms with Crippen molar-refractivity contribution in [2.75, 3.05) is 13.1 Å². The van der Waals surface area contributed by atoms with Crippen LogP contribution in [0.15, 0.2) is 30.3 Å². The average molecular weight is 380 g/mol. The molecule has 1 rings (SSSR count). The number of rotatable bonds is 10. The first-order valence-corrected chi connectivity index (χ1v) is 8.25. The molecule has 0 aliphatic carbocycles. The van der Waals surface area contributed by atoms with Gasteiger partial charge in [-0.15, -0.1) is 0 Å². The van der Waals surface area contributed by atoms with Crippen LogP contribution in [0.5, 0.6) is 0 Å². The van der Waals surface area contributed by atoms with Gasteiger partial charge in [0, 0.05) is 6.42 Å². The first-order valence-electron chi connectivity index (χ1n) is 8.25. The summed E-state index contributed by atoms with van der Waals surface area (Å²) in [6.45, 7) is 0.309. The van der Waals surface area contributed by atoms with Crippen molar-refractivity contribution in [1.82, 2.24) is 16.0 Å². The predicted octanol–water partition coefficient (Wildman–Crippen LogP) is -2.26. The highest BCUT2D eigenvalue weighted by Crippen LogP contribution is 2.03. The molecule has 0 aromatic heterocycles. The summed E-state index contributed by atoms with van der Waals surface area (Å²) in [5, 5.41) is 24.9. The summed E-state index contributed by atoms with van der Waals surface area (Å²) in [5.74, 6) is -3.25. The van der Waals surface area contributed by atoms with Crippen LogP contribution in [0.4, 0.5) is 0 Å². The molecule has 10 nitrogen and oxygen atoms in total. The zero-order chi connectivity index (χ0) is 20.4. The topological polar surface area (TPSA) is 171 Å². The second-order valence-electron chi connectivity index (χ2n) is 5.91. The SMILES string of the molecule is CC(O)C(N)C(=O)NCC(=O)NC(Cc1ccccc1)C(=O)NCC(=O)O. The molecule has 0 heterocycles. The van der Waals surface area contributed by atoms with Crippen molar-refractivity contribution in [2.45, 2.75) is 31.5 Å². The Kier molecular flexibility index (Phi) is 8.90. The summed E-state index contributed by atoms with van der Waals surface area (Å²) in [7, 11) is 0. The van der Waals surface area contributed by atoms with Gasteiger partial charge in [0.25, 0.3) is 0 Å². The molecule has 0 bridgehead atoms. The lowest BCUT2D eigenvalue weighted by atomic mass is 10.1. The number of hydrogen-bond donors (Lipinski definition) is 6. The average Bonchev–Trinajstić information content (AvgIpc) is 2.63. The Bertz CT molecular complexity index is 665. The number of nitrogens with two attached hydrogens (primary N) is 1. The Morgan fingerprint density at radius 2 is 1.63 bits per heavy atom. The smallest absolute Gasteiger partial charge is 0.322 e. The maximum Gasteiger partial charge on any atom is 0.322 e.